The number of hydrogen-bond donors (Lipinski definition) is 1. The number of carbonyl (C=O) groups is 1. The van der Waals surface area contributed by atoms with Gasteiger partial charge in [0.1, 0.15) is 11.5 Å². The minimum atomic E-state index is -0.283. The predicted molar refractivity (Wildman–Crippen MR) is 87.9 cm³/mol. The Morgan fingerprint density at radius 1 is 1.35 bits per heavy atom. The lowest BCUT2D eigenvalue weighted by molar-refractivity contribution is 0.0845. The van der Waals surface area contributed by atoms with E-state index in [-0.39, 0.29) is 12.1 Å². The Morgan fingerprint density at radius 3 is 2.61 bits per heavy atom. The maximum atomic E-state index is 12.3. The zero-order valence-electron chi connectivity index (χ0n) is 14.3. The molecular weight excluding hydrogens is 296 g/mol. The van der Waals surface area contributed by atoms with Crippen LogP contribution in [0.1, 0.15) is 43.0 Å². The van der Waals surface area contributed by atoms with Gasteiger partial charge in [0.15, 0.2) is 0 Å². The van der Waals surface area contributed by atoms with E-state index >= 15 is 0 Å². The van der Waals surface area contributed by atoms with Crippen molar-refractivity contribution in [1.29, 1.82) is 0 Å². The number of fused-ring (bicyclic) bond motifs is 1. The van der Waals surface area contributed by atoms with Crippen LogP contribution < -0.4 is 15.2 Å². The Labute approximate surface area is 137 Å². The molecule has 23 heavy (non-hydrogen) atoms. The first-order chi connectivity index (χ1) is 11.1. The van der Waals surface area contributed by atoms with E-state index in [0.717, 1.165) is 34.6 Å². The van der Waals surface area contributed by atoms with Gasteiger partial charge in [-0.1, -0.05) is 6.92 Å². The summed E-state index contributed by atoms with van der Waals surface area (Å²) in [5.41, 5.74) is 8.85. The van der Waals surface area contributed by atoms with E-state index in [1.807, 2.05) is 13.0 Å². The van der Waals surface area contributed by atoms with E-state index in [2.05, 4.69) is 6.92 Å². The van der Waals surface area contributed by atoms with Crippen molar-refractivity contribution >= 4 is 6.09 Å². The number of nitrogens with two attached hydrogens (primary N) is 1. The maximum absolute atomic E-state index is 12.3. The van der Waals surface area contributed by atoms with Crippen LogP contribution in [-0.4, -0.2) is 38.4 Å². The highest BCUT2D eigenvalue weighted by atomic mass is 16.6. The highest BCUT2D eigenvalue weighted by Gasteiger charge is 2.35. The van der Waals surface area contributed by atoms with E-state index in [1.54, 1.807) is 19.1 Å². The Bertz CT molecular complexity index is 574. The van der Waals surface area contributed by atoms with Gasteiger partial charge >= 0.3 is 6.09 Å². The fourth-order valence-electron chi connectivity index (χ4n) is 3.35. The second-order valence-electron chi connectivity index (χ2n) is 5.43. The minimum absolute atomic E-state index is 0.0894. The zero-order valence-corrected chi connectivity index (χ0v) is 14.3. The van der Waals surface area contributed by atoms with Crippen molar-refractivity contribution < 1.29 is 19.0 Å². The van der Waals surface area contributed by atoms with Gasteiger partial charge in [-0.15, -0.1) is 0 Å². The van der Waals surface area contributed by atoms with Gasteiger partial charge in [-0.2, -0.15) is 0 Å². The monoisotopic (exact) mass is 322 g/mol. The summed E-state index contributed by atoms with van der Waals surface area (Å²) < 4.78 is 16.4. The normalized spacial score (nSPS) is 16.7. The summed E-state index contributed by atoms with van der Waals surface area (Å²) in [6, 6.07) is 1.82. The molecule has 2 rings (SSSR count). The molecule has 1 aromatic rings. The molecule has 0 radical (unpaired) electrons. The molecule has 2 N–H and O–H groups in total. The Balaban J connectivity index is 2.56. The van der Waals surface area contributed by atoms with Crippen LogP contribution in [0.2, 0.25) is 0 Å². The van der Waals surface area contributed by atoms with E-state index in [1.165, 1.54) is 0 Å². The summed E-state index contributed by atoms with van der Waals surface area (Å²) in [5.74, 6) is 1.56. The molecule has 6 nitrogen and oxygen atoms in total. The molecule has 1 aliphatic heterocycles. The zero-order chi connectivity index (χ0) is 17.0. The average Bonchev–Trinajstić information content (AvgIpc) is 2.58. The molecule has 0 aromatic heterocycles. The predicted octanol–water partition coefficient (Wildman–Crippen LogP) is 2.63. The van der Waals surface area contributed by atoms with Gasteiger partial charge in [-0.25, -0.2) is 4.79 Å². The van der Waals surface area contributed by atoms with Crippen molar-refractivity contribution in [2.75, 3.05) is 27.4 Å². The first kappa shape index (κ1) is 17.4. The van der Waals surface area contributed by atoms with Crippen LogP contribution >= 0.6 is 0 Å². The third-order valence-electron chi connectivity index (χ3n) is 4.31. The summed E-state index contributed by atoms with van der Waals surface area (Å²) in [6.45, 7) is 5.21. The number of rotatable bonds is 5. The molecule has 0 spiro atoms. The SMILES string of the molecule is CCOC(=O)N1CCc2c(OC)c(CN)cc(OC)c2C1CC. The molecule has 0 saturated heterocycles. The standard InChI is InChI=1S/C17H26N2O4/c1-5-13-15-12(7-8-19(13)17(20)23-6-2)16(22-4)11(10-18)9-14(15)21-3/h9,13H,5-8,10,18H2,1-4H3. The molecule has 1 amide bonds. The van der Waals surface area contributed by atoms with Crippen molar-refractivity contribution in [1.82, 2.24) is 4.90 Å². The van der Waals surface area contributed by atoms with E-state index in [0.29, 0.717) is 26.1 Å². The first-order valence-electron chi connectivity index (χ1n) is 8.02. The lowest BCUT2D eigenvalue weighted by Gasteiger charge is -2.38. The number of benzene rings is 1. The van der Waals surface area contributed by atoms with Gasteiger partial charge in [-0.05, 0) is 25.8 Å². The van der Waals surface area contributed by atoms with Crippen LogP contribution in [-0.2, 0) is 17.7 Å². The van der Waals surface area contributed by atoms with Crippen LogP contribution in [0.15, 0.2) is 6.07 Å². The van der Waals surface area contributed by atoms with Crippen LogP contribution in [0.4, 0.5) is 4.79 Å². The molecule has 1 aliphatic rings. The molecule has 0 aliphatic carbocycles. The van der Waals surface area contributed by atoms with Crippen LogP contribution in [0.5, 0.6) is 11.5 Å². The second kappa shape index (κ2) is 7.55. The maximum Gasteiger partial charge on any atom is 0.410 e. The summed E-state index contributed by atoms with van der Waals surface area (Å²) in [5, 5.41) is 0. The molecule has 1 atom stereocenters. The smallest absolute Gasteiger partial charge is 0.410 e. The number of amides is 1. The number of carbonyl (C=O) groups excluding carboxylic acids is 1. The molecule has 0 bridgehead atoms. The van der Waals surface area contributed by atoms with Crippen LogP contribution in [0, 0.1) is 0 Å². The Kier molecular flexibility index (Phi) is 5.71. The number of hydrogen-bond acceptors (Lipinski definition) is 5. The Morgan fingerprint density at radius 2 is 2.09 bits per heavy atom. The summed E-state index contributed by atoms with van der Waals surface area (Å²) in [4.78, 5) is 14.0. The van der Waals surface area contributed by atoms with Gasteiger partial charge in [0.05, 0.1) is 26.9 Å². The second-order valence-corrected chi connectivity index (χ2v) is 5.43. The molecule has 0 fully saturated rings. The first-order valence-corrected chi connectivity index (χ1v) is 8.02. The molecule has 1 unspecified atom stereocenters. The lowest BCUT2D eigenvalue weighted by atomic mass is 9.88. The average molecular weight is 322 g/mol. The summed E-state index contributed by atoms with van der Waals surface area (Å²) in [6.07, 6.45) is 1.18. The van der Waals surface area contributed by atoms with Crippen molar-refractivity contribution in [3.63, 3.8) is 0 Å². The van der Waals surface area contributed by atoms with Crippen molar-refractivity contribution in [3.05, 3.63) is 22.8 Å². The van der Waals surface area contributed by atoms with Gasteiger partial charge in [0.25, 0.3) is 0 Å². The highest BCUT2D eigenvalue weighted by molar-refractivity contribution is 5.70. The molecule has 6 heteroatoms. The van der Waals surface area contributed by atoms with E-state index in [9.17, 15) is 4.79 Å². The van der Waals surface area contributed by atoms with Crippen molar-refractivity contribution in [2.45, 2.75) is 39.3 Å². The summed E-state index contributed by atoms with van der Waals surface area (Å²) in [7, 11) is 3.29. The fourth-order valence-corrected chi connectivity index (χ4v) is 3.35. The largest absolute Gasteiger partial charge is 0.496 e. The number of ether oxygens (including phenoxy) is 3. The topological polar surface area (TPSA) is 74.0 Å². The Hall–Kier alpha value is -1.95. The van der Waals surface area contributed by atoms with Gasteiger partial charge in [0.2, 0.25) is 0 Å². The van der Waals surface area contributed by atoms with Crippen LogP contribution in [0.3, 0.4) is 0 Å². The van der Waals surface area contributed by atoms with Crippen LogP contribution in [0.25, 0.3) is 0 Å². The van der Waals surface area contributed by atoms with E-state index in [4.69, 9.17) is 19.9 Å². The third kappa shape index (κ3) is 3.08. The molecule has 1 aromatic carbocycles. The van der Waals surface area contributed by atoms with Crippen molar-refractivity contribution in [3.8, 4) is 11.5 Å². The van der Waals surface area contributed by atoms with Gasteiger partial charge in [0, 0.05) is 29.8 Å². The number of nitrogens with zero attached hydrogens (tertiary/aromatic N) is 1. The molecular formula is C17H26N2O4. The van der Waals surface area contributed by atoms with Crippen molar-refractivity contribution in [2.24, 2.45) is 5.73 Å². The van der Waals surface area contributed by atoms with E-state index < -0.39 is 0 Å². The lowest BCUT2D eigenvalue weighted by Crippen LogP contribution is -2.40. The third-order valence-corrected chi connectivity index (χ3v) is 4.31. The highest BCUT2D eigenvalue weighted by Crippen LogP contribution is 2.44. The minimum Gasteiger partial charge on any atom is -0.496 e. The van der Waals surface area contributed by atoms with Gasteiger partial charge in [-0.3, -0.25) is 0 Å². The quantitative estimate of drug-likeness (QED) is 0.902. The molecule has 0 saturated carbocycles. The number of methoxy groups -OCH3 is 2. The summed E-state index contributed by atoms with van der Waals surface area (Å²) >= 11 is 0. The molecule has 128 valence electrons. The molecule has 1 heterocycles. The fraction of sp³-hybridized carbons (Fsp3) is 0.588. The van der Waals surface area contributed by atoms with Gasteiger partial charge < -0.3 is 24.8 Å².